The summed E-state index contributed by atoms with van der Waals surface area (Å²) in [4.78, 5) is 13.5. The molecule has 0 spiro atoms. The quantitative estimate of drug-likeness (QED) is 0.721. The maximum Gasteiger partial charge on any atom is 0.233 e. The standard InChI is InChI=1S/C11H17NO2/c1-8-6-9(2)11(14)12(4-5-13)10(3)7-8/h6-7,9,13H,4-5H2,1-3H3. The molecule has 0 aromatic carbocycles. The molecule has 1 rings (SSSR count). The van der Waals surface area contributed by atoms with E-state index in [0.29, 0.717) is 6.54 Å². The van der Waals surface area contributed by atoms with Crippen LogP contribution in [-0.2, 0) is 4.79 Å². The molecule has 0 bridgehead atoms. The summed E-state index contributed by atoms with van der Waals surface area (Å²) < 4.78 is 0. The second-order valence-corrected chi connectivity index (χ2v) is 3.70. The average molecular weight is 195 g/mol. The van der Waals surface area contributed by atoms with Gasteiger partial charge in [0.2, 0.25) is 5.91 Å². The number of hydrogen-bond donors (Lipinski definition) is 1. The number of aliphatic hydroxyl groups excluding tert-OH is 1. The molecule has 14 heavy (non-hydrogen) atoms. The van der Waals surface area contributed by atoms with Crippen LogP contribution in [0.25, 0.3) is 0 Å². The average Bonchev–Trinajstić information content (AvgIpc) is 2.18. The van der Waals surface area contributed by atoms with Crippen molar-refractivity contribution in [3.05, 3.63) is 23.4 Å². The first-order chi connectivity index (χ1) is 6.56. The molecule has 1 unspecified atom stereocenters. The highest BCUT2D eigenvalue weighted by atomic mass is 16.3. The summed E-state index contributed by atoms with van der Waals surface area (Å²) in [5.74, 6) is -0.0418. The van der Waals surface area contributed by atoms with Crippen LogP contribution in [0.3, 0.4) is 0 Å². The summed E-state index contributed by atoms with van der Waals surface area (Å²) in [7, 11) is 0. The number of rotatable bonds is 2. The molecule has 0 fully saturated rings. The summed E-state index contributed by atoms with van der Waals surface area (Å²) in [6.45, 7) is 6.14. The van der Waals surface area contributed by atoms with Crippen LogP contribution in [0.15, 0.2) is 23.4 Å². The number of allylic oxidation sites excluding steroid dienone is 3. The van der Waals surface area contributed by atoms with Gasteiger partial charge in [-0.2, -0.15) is 0 Å². The van der Waals surface area contributed by atoms with Crippen molar-refractivity contribution in [2.75, 3.05) is 13.2 Å². The summed E-state index contributed by atoms with van der Waals surface area (Å²) >= 11 is 0. The molecule has 0 saturated heterocycles. The molecule has 0 aliphatic carbocycles. The number of nitrogens with zero attached hydrogens (tertiary/aromatic N) is 1. The van der Waals surface area contributed by atoms with Crippen molar-refractivity contribution in [1.82, 2.24) is 4.90 Å². The van der Waals surface area contributed by atoms with Gasteiger partial charge in [-0.05, 0) is 19.9 Å². The lowest BCUT2D eigenvalue weighted by atomic mass is 10.1. The third kappa shape index (κ3) is 2.23. The predicted molar refractivity (Wildman–Crippen MR) is 55.5 cm³/mol. The second-order valence-electron chi connectivity index (χ2n) is 3.70. The Morgan fingerprint density at radius 3 is 2.71 bits per heavy atom. The zero-order chi connectivity index (χ0) is 10.7. The maximum absolute atomic E-state index is 11.8. The first-order valence-electron chi connectivity index (χ1n) is 4.85. The van der Waals surface area contributed by atoms with Gasteiger partial charge >= 0.3 is 0 Å². The monoisotopic (exact) mass is 195 g/mol. The summed E-state index contributed by atoms with van der Waals surface area (Å²) in [5, 5.41) is 8.86. The minimum atomic E-state index is -0.102. The highest BCUT2D eigenvalue weighted by molar-refractivity contribution is 5.82. The van der Waals surface area contributed by atoms with Crippen LogP contribution in [-0.4, -0.2) is 29.1 Å². The van der Waals surface area contributed by atoms with E-state index in [1.807, 2.05) is 32.9 Å². The SMILES string of the molecule is CC1=CC(C)C(=O)N(CCO)C(C)=C1. The van der Waals surface area contributed by atoms with Gasteiger partial charge in [-0.3, -0.25) is 4.79 Å². The van der Waals surface area contributed by atoms with Crippen molar-refractivity contribution in [2.24, 2.45) is 5.92 Å². The van der Waals surface area contributed by atoms with Crippen molar-refractivity contribution in [1.29, 1.82) is 0 Å². The Labute approximate surface area is 84.7 Å². The Morgan fingerprint density at radius 2 is 2.14 bits per heavy atom. The third-order valence-corrected chi connectivity index (χ3v) is 2.35. The molecule has 0 radical (unpaired) electrons. The summed E-state index contributed by atoms with van der Waals surface area (Å²) in [5.41, 5.74) is 2.01. The van der Waals surface area contributed by atoms with E-state index in [1.165, 1.54) is 0 Å². The van der Waals surface area contributed by atoms with Crippen LogP contribution < -0.4 is 0 Å². The lowest BCUT2D eigenvalue weighted by Gasteiger charge is -2.23. The third-order valence-electron chi connectivity index (χ3n) is 2.35. The highest BCUT2D eigenvalue weighted by Gasteiger charge is 2.21. The molecule has 1 aliphatic heterocycles. The Kier molecular flexibility index (Phi) is 3.47. The molecule has 1 atom stereocenters. The molecule has 1 heterocycles. The first kappa shape index (κ1) is 11.0. The van der Waals surface area contributed by atoms with Crippen molar-refractivity contribution in [3.8, 4) is 0 Å². The van der Waals surface area contributed by atoms with Gasteiger partial charge in [0.1, 0.15) is 0 Å². The zero-order valence-electron chi connectivity index (χ0n) is 8.95. The Balaban J connectivity index is 2.96. The van der Waals surface area contributed by atoms with Gasteiger partial charge in [-0.15, -0.1) is 0 Å². The molecule has 1 N–H and O–H groups in total. The normalized spacial score (nSPS) is 23.0. The largest absolute Gasteiger partial charge is 0.395 e. The number of carbonyl (C=O) groups excluding carboxylic acids is 1. The Morgan fingerprint density at radius 1 is 1.50 bits per heavy atom. The minimum absolute atomic E-state index is 0.00267. The molecule has 3 nitrogen and oxygen atoms in total. The van der Waals surface area contributed by atoms with E-state index in [1.54, 1.807) is 4.90 Å². The zero-order valence-corrected chi connectivity index (χ0v) is 8.95. The van der Waals surface area contributed by atoms with Gasteiger partial charge in [0.05, 0.1) is 12.5 Å². The minimum Gasteiger partial charge on any atom is -0.395 e. The number of amides is 1. The fraction of sp³-hybridized carbons (Fsp3) is 0.545. The fourth-order valence-electron chi connectivity index (χ4n) is 1.73. The number of hydrogen-bond acceptors (Lipinski definition) is 2. The molecule has 0 aromatic heterocycles. The lowest BCUT2D eigenvalue weighted by Crippen LogP contribution is -2.34. The van der Waals surface area contributed by atoms with Crippen LogP contribution in [0, 0.1) is 5.92 Å². The van der Waals surface area contributed by atoms with E-state index in [2.05, 4.69) is 0 Å². The van der Waals surface area contributed by atoms with E-state index in [9.17, 15) is 4.79 Å². The molecule has 3 heteroatoms. The molecule has 1 aliphatic rings. The van der Waals surface area contributed by atoms with E-state index in [0.717, 1.165) is 11.3 Å². The summed E-state index contributed by atoms with van der Waals surface area (Å²) in [6, 6.07) is 0. The van der Waals surface area contributed by atoms with Crippen molar-refractivity contribution in [3.63, 3.8) is 0 Å². The maximum atomic E-state index is 11.8. The molecule has 78 valence electrons. The van der Waals surface area contributed by atoms with Crippen molar-refractivity contribution < 1.29 is 9.90 Å². The molecule has 0 saturated carbocycles. The van der Waals surface area contributed by atoms with E-state index in [-0.39, 0.29) is 18.4 Å². The number of aliphatic hydroxyl groups is 1. The van der Waals surface area contributed by atoms with E-state index >= 15 is 0 Å². The number of carbonyl (C=O) groups is 1. The molecule has 1 amide bonds. The van der Waals surface area contributed by atoms with Gasteiger partial charge in [0.15, 0.2) is 0 Å². The van der Waals surface area contributed by atoms with E-state index in [4.69, 9.17) is 5.11 Å². The van der Waals surface area contributed by atoms with Crippen LogP contribution in [0.5, 0.6) is 0 Å². The predicted octanol–water partition coefficient (Wildman–Crippen LogP) is 1.31. The smallest absolute Gasteiger partial charge is 0.233 e. The van der Waals surface area contributed by atoms with Crippen LogP contribution in [0.4, 0.5) is 0 Å². The summed E-state index contributed by atoms with van der Waals surface area (Å²) in [6.07, 6.45) is 3.92. The molecular weight excluding hydrogens is 178 g/mol. The van der Waals surface area contributed by atoms with Gasteiger partial charge in [-0.25, -0.2) is 0 Å². The first-order valence-corrected chi connectivity index (χ1v) is 4.85. The van der Waals surface area contributed by atoms with Gasteiger partial charge in [0, 0.05) is 12.2 Å². The lowest BCUT2D eigenvalue weighted by molar-refractivity contribution is -0.131. The van der Waals surface area contributed by atoms with Gasteiger partial charge in [0.25, 0.3) is 0 Å². The Bertz CT molecular complexity index is 292. The van der Waals surface area contributed by atoms with Gasteiger partial charge < -0.3 is 10.0 Å². The van der Waals surface area contributed by atoms with Crippen LogP contribution in [0.1, 0.15) is 20.8 Å². The van der Waals surface area contributed by atoms with Crippen molar-refractivity contribution >= 4 is 5.91 Å². The fourth-order valence-corrected chi connectivity index (χ4v) is 1.73. The molecule has 0 aromatic rings. The topological polar surface area (TPSA) is 40.5 Å². The van der Waals surface area contributed by atoms with E-state index < -0.39 is 0 Å². The van der Waals surface area contributed by atoms with Crippen molar-refractivity contribution in [2.45, 2.75) is 20.8 Å². The van der Waals surface area contributed by atoms with Crippen LogP contribution in [0.2, 0.25) is 0 Å². The van der Waals surface area contributed by atoms with Crippen LogP contribution >= 0.6 is 0 Å². The Hall–Kier alpha value is -1.09. The van der Waals surface area contributed by atoms with Gasteiger partial charge in [-0.1, -0.05) is 18.6 Å². The highest BCUT2D eigenvalue weighted by Crippen LogP contribution is 2.18. The second kappa shape index (κ2) is 4.42. The number of β-amino-alcohol motifs (C(OH)–C–C–N with tert-alkyl or cyclic N) is 1. The molecular formula is C11H17NO2.